The highest BCUT2D eigenvalue weighted by Crippen LogP contribution is 2.31. The van der Waals surface area contributed by atoms with Crippen molar-refractivity contribution in [2.24, 2.45) is 0 Å². The van der Waals surface area contributed by atoms with E-state index >= 15 is 0 Å². The lowest BCUT2D eigenvalue weighted by Gasteiger charge is -2.08. The molecule has 2 rings (SSSR count). The van der Waals surface area contributed by atoms with Crippen LogP contribution in [0.15, 0.2) is 42.5 Å². The monoisotopic (exact) mass is 371 g/mol. The second-order valence-corrected chi connectivity index (χ2v) is 5.33. The van der Waals surface area contributed by atoms with Crippen molar-refractivity contribution >= 4 is 34.9 Å². The molecule has 0 saturated heterocycles. The predicted molar refractivity (Wildman–Crippen MR) is 85.1 cm³/mol. The van der Waals surface area contributed by atoms with Gasteiger partial charge in [0.05, 0.1) is 21.6 Å². The first kappa shape index (κ1) is 18.5. The summed E-state index contributed by atoms with van der Waals surface area (Å²) in [5, 5.41) is 20.5. The third kappa shape index (κ3) is 4.36. The maximum absolute atomic E-state index is 12.6. The third-order valence-electron chi connectivity index (χ3n) is 3.24. The van der Waals surface area contributed by atoms with Gasteiger partial charge in [0.1, 0.15) is 0 Å². The number of carboxylic acids is 1. The molecule has 0 aliphatic heterocycles. The summed E-state index contributed by atoms with van der Waals surface area (Å²) in [5.74, 6) is -1.45. The van der Waals surface area contributed by atoms with Crippen molar-refractivity contribution in [2.75, 3.05) is 0 Å². The molecule has 0 atom stereocenters. The van der Waals surface area contributed by atoms with Crippen LogP contribution >= 0.6 is 11.6 Å². The van der Waals surface area contributed by atoms with E-state index in [1.54, 1.807) is 0 Å². The molecule has 9 heteroatoms. The summed E-state index contributed by atoms with van der Waals surface area (Å²) < 4.78 is 37.8. The SMILES string of the molecule is O=C(O)/C(=C/c1cc(Cl)ccc1[N+](=O)[O-])c1ccc(C(F)(F)F)cc1. The van der Waals surface area contributed by atoms with Crippen molar-refractivity contribution in [3.63, 3.8) is 0 Å². The van der Waals surface area contributed by atoms with E-state index in [0.717, 1.165) is 36.4 Å². The molecule has 0 heterocycles. The van der Waals surface area contributed by atoms with Crippen LogP contribution in [0.2, 0.25) is 5.02 Å². The fourth-order valence-corrected chi connectivity index (χ4v) is 2.25. The lowest BCUT2D eigenvalue weighted by Crippen LogP contribution is -2.05. The van der Waals surface area contributed by atoms with Crippen LogP contribution in [-0.2, 0) is 11.0 Å². The zero-order valence-electron chi connectivity index (χ0n) is 12.2. The third-order valence-corrected chi connectivity index (χ3v) is 3.47. The summed E-state index contributed by atoms with van der Waals surface area (Å²) in [6.45, 7) is 0. The van der Waals surface area contributed by atoms with Gasteiger partial charge in [0.2, 0.25) is 0 Å². The molecule has 0 amide bonds. The highest BCUT2D eigenvalue weighted by molar-refractivity contribution is 6.31. The smallest absolute Gasteiger partial charge is 0.416 e. The lowest BCUT2D eigenvalue weighted by molar-refractivity contribution is -0.385. The minimum atomic E-state index is -4.56. The molecule has 0 radical (unpaired) electrons. The second kappa shape index (κ2) is 6.94. The van der Waals surface area contributed by atoms with Gasteiger partial charge in [0.25, 0.3) is 5.69 Å². The molecule has 0 aliphatic carbocycles. The zero-order chi connectivity index (χ0) is 18.8. The Morgan fingerprint density at radius 1 is 1.16 bits per heavy atom. The Morgan fingerprint density at radius 2 is 1.76 bits per heavy atom. The number of nitro groups is 1. The number of rotatable bonds is 4. The molecule has 0 spiro atoms. The molecule has 25 heavy (non-hydrogen) atoms. The summed E-state index contributed by atoms with van der Waals surface area (Å²) in [6, 6.07) is 7.03. The normalized spacial score (nSPS) is 12.1. The van der Waals surface area contributed by atoms with Gasteiger partial charge in [-0.2, -0.15) is 13.2 Å². The van der Waals surface area contributed by atoms with E-state index in [9.17, 15) is 33.2 Å². The fourth-order valence-electron chi connectivity index (χ4n) is 2.07. The minimum Gasteiger partial charge on any atom is -0.478 e. The molecule has 0 aromatic heterocycles. The Hall–Kier alpha value is -2.87. The van der Waals surface area contributed by atoms with E-state index in [-0.39, 0.29) is 21.8 Å². The number of benzene rings is 2. The van der Waals surface area contributed by atoms with Gasteiger partial charge < -0.3 is 5.11 Å². The lowest BCUT2D eigenvalue weighted by atomic mass is 10.0. The molecular weight excluding hydrogens is 363 g/mol. The molecular formula is C16H9ClF3NO4. The van der Waals surface area contributed by atoms with Gasteiger partial charge in [0.15, 0.2) is 0 Å². The topological polar surface area (TPSA) is 80.4 Å². The van der Waals surface area contributed by atoms with Crippen LogP contribution in [0, 0.1) is 10.1 Å². The van der Waals surface area contributed by atoms with Gasteiger partial charge in [0, 0.05) is 11.1 Å². The van der Waals surface area contributed by atoms with E-state index in [1.807, 2.05) is 0 Å². The van der Waals surface area contributed by atoms with Crippen LogP contribution in [0.4, 0.5) is 18.9 Å². The number of carbonyl (C=O) groups is 1. The Labute approximate surface area is 144 Å². The number of hydrogen-bond donors (Lipinski definition) is 1. The molecule has 0 unspecified atom stereocenters. The van der Waals surface area contributed by atoms with Crippen molar-refractivity contribution in [2.45, 2.75) is 6.18 Å². The van der Waals surface area contributed by atoms with Gasteiger partial charge in [-0.05, 0) is 35.9 Å². The van der Waals surface area contributed by atoms with Crippen LogP contribution in [0.3, 0.4) is 0 Å². The molecule has 130 valence electrons. The maximum Gasteiger partial charge on any atom is 0.416 e. The zero-order valence-corrected chi connectivity index (χ0v) is 13.0. The summed E-state index contributed by atoms with van der Waals surface area (Å²) in [6.07, 6.45) is -3.56. The molecule has 2 aromatic carbocycles. The standard InChI is InChI=1S/C16H9ClF3NO4/c17-12-5-6-14(21(24)25)10(7-12)8-13(15(22)23)9-1-3-11(4-2-9)16(18,19)20/h1-8H,(H,22,23)/b13-8+. The quantitative estimate of drug-likeness (QED) is 0.359. The number of aliphatic carboxylic acids is 1. The van der Waals surface area contributed by atoms with Crippen LogP contribution in [0.5, 0.6) is 0 Å². The van der Waals surface area contributed by atoms with Crippen molar-refractivity contribution in [1.82, 2.24) is 0 Å². The van der Waals surface area contributed by atoms with E-state index in [1.165, 1.54) is 12.1 Å². The molecule has 0 fully saturated rings. The van der Waals surface area contributed by atoms with Crippen molar-refractivity contribution in [3.8, 4) is 0 Å². The van der Waals surface area contributed by atoms with E-state index in [2.05, 4.69) is 0 Å². The average molecular weight is 372 g/mol. The number of carboxylic acid groups (broad SMARTS) is 1. The van der Waals surface area contributed by atoms with Crippen LogP contribution in [0.1, 0.15) is 16.7 Å². The summed E-state index contributed by atoms with van der Waals surface area (Å²) in [5.41, 5.74) is -1.83. The van der Waals surface area contributed by atoms with Crippen molar-refractivity contribution in [1.29, 1.82) is 0 Å². The van der Waals surface area contributed by atoms with Crippen LogP contribution in [-0.4, -0.2) is 16.0 Å². The number of alkyl halides is 3. The molecule has 1 N–H and O–H groups in total. The Balaban J connectivity index is 2.56. The first-order valence-corrected chi connectivity index (χ1v) is 7.04. The van der Waals surface area contributed by atoms with Gasteiger partial charge in [-0.15, -0.1) is 0 Å². The minimum absolute atomic E-state index is 0.0326. The fraction of sp³-hybridized carbons (Fsp3) is 0.0625. The van der Waals surface area contributed by atoms with Gasteiger partial charge in [-0.25, -0.2) is 4.79 Å². The van der Waals surface area contributed by atoms with Crippen molar-refractivity contribution < 1.29 is 28.0 Å². The first-order valence-electron chi connectivity index (χ1n) is 6.66. The maximum atomic E-state index is 12.6. The van der Waals surface area contributed by atoms with E-state index < -0.39 is 28.2 Å². The largest absolute Gasteiger partial charge is 0.478 e. The first-order chi connectivity index (χ1) is 11.6. The molecule has 0 aliphatic rings. The summed E-state index contributed by atoms with van der Waals surface area (Å²) in [4.78, 5) is 21.8. The second-order valence-electron chi connectivity index (χ2n) is 4.90. The number of hydrogen-bond acceptors (Lipinski definition) is 3. The highest BCUT2D eigenvalue weighted by Gasteiger charge is 2.30. The Bertz CT molecular complexity index is 861. The van der Waals surface area contributed by atoms with Crippen molar-refractivity contribution in [3.05, 3.63) is 74.3 Å². The average Bonchev–Trinajstić information content (AvgIpc) is 2.51. The number of halogens is 4. The van der Waals surface area contributed by atoms with Crippen LogP contribution in [0.25, 0.3) is 11.6 Å². The number of nitro benzene ring substituents is 1. The number of nitrogens with zero attached hydrogens (tertiary/aromatic N) is 1. The van der Waals surface area contributed by atoms with Gasteiger partial charge in [-0.3, -0.25) is 10.1 Å². The Kier molecular flexibility index (Phi) is 5.13. The van der Waals surface area contributed by atoms with E-state index in [0.29, 0.717) is 0 Å². The molecule has 0 bridgehead atoms. The molecule has 5 nitrogen and oxygen atoms in total. The summed E-state index contributed by atoms with van der Waals surface area (Å²) >= 11 is 5.78. The molecule has 0 saturated carbocycles. The van der Waals surface area contributed by atoms with E-state index in [4.69, 9.17) is 11.6 Å². The van der Waals surface area contributed by atoms with Crippen LogP contribution < -0.4 is 0 Å². The highest BCUT2D eigenvalue weighted by atomic mass is 35.5. The van der Waals surface area contributed by atoms with Gasteiger partial charge >= 0.3 is 12.1 Å². The molecule has 2 aromatic rings. The van der Waals surface area contributed by atoms with Gasteiger partial charge in [-0.1, -0.05) is 23.7 Å². The summed E-state index contributed by atoms with van der Waals surface area (Å²) in [7, 11) is 0. The Morgan fingerprint density at radius 3 is 2.24 bits per heavy atom. The predicted octanol–water partition coefficient (Wildman–Crippen LogP) is 4.89.